The average molecular weight is 615 g/mol. The molecule has 0 aliphatic carbocycles. The zero-order valence-corrected chi connectivity index (χ0v) is 22.5. The van der Waals surface area contributed by atoms with Crippen molar-refractivity contribution >= 4 is 31.4 Å². The number of nitrogens with one attached hydrogen (secondary N) is 2. The maximum atomic E-state index is 13.2. The highest BCUT2D eigenvalue weighted by atomic mass is 32.2. The molecular weight excluding hydrogens is 594 g/mol. The lowest BCUT2D eigenvalue weighted by molar-refractivity contribution is -0.138. The van der Waals surface area contributed by atoms with Crippen LogP contribution in [-0.2, 0) is 32.4 Å². The first-order valence-electron chi connectivity index (χ1n) is 11.6. The summed E-state index contributed by atoms with van der Waals surface area (Å²) < 4.78 is 136. The Morgan fingerprint density at radius 2 is 1.00 bits per heavy atom. The molecule has 0 atom stereocenters. The molecule has 0 saturated carbocycles. The first-order chi connectivity index (χ1) is 19.0. The molecule has 0 amide bonds. The number of hydrogen-bond acceptors (Lipinski definition) is 4. The van der Waals surface area contributed by atoms with Gasteiger partial charge in [-0.05, 0) is 66.6 Å². The van der Waals surface area contributed by atoms with Gasteiger partial charge in [-0.3, -0.25) is 9.44 Å². The van der Waals surface area contributed by atoms with E-state index in [1.54, 1.807) is 31.2 Å². The smallest absolute Gasteiger partial charge is 0.277 e. The van der Waals surface area contributed by atoms with Gasteiger partial charge in [-0.1, -0.05) is 48.0 Å². The van der Waals surface area contributed by atoms with Crippen LogP contribution in [0.1, 0.15) is 16.7 Å². The topological polar surface area (TPSA) is 92.3 Å². The molecule has 0 aliphatic heterocycles. The quantitative estimate of drug-likeness (QED) is 0.214. The van der Waals surface area contributed by atoms with Crippen LogP contribution in [-0.4, -0.2) is 16.8 Å². The lowest BCUT2D eigenvalue weighted by Crippen LogP contribution is -2.18. The van der Waals surface area contributed by atoms with E-state index in [0.717, 1.165) is 29.8 Å². The Hall–Kier alpha value is -4.04. The maximum absolute atomic E-state index is 13.2. The van der Waals surface area contributed by atoms with Gasteiger partial charge in [0.1, 0.15) is 0 Å². The maximum Gasteiger partial charge on any atom is 0.416 e. The summed E-state index contributed by atoms with van der Waals surface area (Å²) >= 11 is 0. The second kappa shape index (κ2) is 10.7. The van der Waals surface area contributed by atoms with Crippen molar-refractivity contribution in [3.63, 3.8) is 0 Å². The van der Waals surface area contributed by atoms with E-state index in [0.29, 0.717) is 35.4 Å². The van der Waals surface area contributed by atoms with Crippen LogP contribution in [0.5, 0.6) is 0 Å². The van der Waals surface area contributed by atoms with Crippen LogP contribution in [0, 0.1) is 6.92 Å². The molecule has 0 aromatic heterocycles. The van der Waals surface area contributed by atoms with Gasteiger partial charge in [-0.2, -0.15) is 26.3 Å². The van der Waals surface area contributed by atoms with Crippen LogP contribution >= 0.6 is 0 Å². The fraction of sp³-hybridized carbons (Fsp3) is 0.111. The minimum absolute atomic E-state index is 0.378. The van der Waals surface area contributed by atoms with Crippen molar-refractivity contribution in [2.24, 2.45) is 0 Å². The van der Waals surface area contributed by atoms with Crippen molar-refractivity contribution in [1.82, 2.24) is 0 Å². The molecule has 0 saturated heterocycles. The molecule has 41 heavy (non-hydrogen) atoms. The number of rotatable bonds is 7. The van der Waals surface area contributed by atoms with Gasteiger partial charge in [0.25, 0.3) is 20.0 Å². The van der Waals surface area contributed by atoms with E-state index >= 15 is 0 Å². The highest BCUT2D eigenvalue weighted by Crippen LogP contribution is 2.35. The second-order valence-corrected chi connectivity index (χ2v) is 12.3. The first-order valence-corrected chi connectivity index (χ1v) is 14.5. The standard InChI is InChI=1S/C27H20F6N2O4S2/c1-17-5-2-6-18(13-17)19-11-12-24(34-40(36,37)22-9-3-7-20(15-22)26(28,29)30)25(14-19)35-41(38,39)23-10-4-8-21(16-23)27(31,32)33/h2-16,34-35H,1H3. The molecule has 216 valence electrons. The van der Waals surface area contributed by atoms with Gasteiger partial charge in [0.15, 0.2) is 0 Å². The van der Waals surface area contributed by atoms with Crippen molar-refractivity contribution in [2.75, 3.05) is 9.44 Å². The third-order valence-electron chi connectivity index (χ3n) is 5.80. The Bertz CT molecular complexity index is 1820. The van der Waals surface area contributed by atoms with Crippen LogP contribution in [0.15, 0.2) is 101 Å². The van der Waals surface area contributed by atoms with E-state index in [-0.39, 0.29) is 11.4 Å². The van der Waals surface area contributed by atoms with Crippen LogP contribution < -0.4 is 9.44 Å². The third-order valence-corrected chi connectivity index (χ3v) is 8.53. The van der Waals surface area contributed by atoms with E-state index < -0.39 is 53.3 Å². The predicted molar refractivity (Wildman–Crippen MR) is 141 cm³/mol. The number of aryl methyl sites for hydroxylation is 1. The number of alkyl halides is 6. The van der Waals surface area contributed by atoms with Crippen LogP contribution in [0.2, 0.25) is 0 Å². The normalized spacial score (nSPS) is 12.7. The highest BCUT2D eigenvalue weighted by Gasteiger charge is 2.33. The number of halogens is 6. The lowest BCUT2D eigenvalue weighted by atomic mass is 10.0. The fourth-order valence-electron chi connectivity index (χ4n) is 3.81. The van der Waals surface area contributed by atoms with Gasteiger partial charge in [-0.25, -0.2) is 16.8 Å². The predicted octanol–water partition coefficient (Wildman–Crippen LogP) is 7.30. The largest absolute Gasteiger partial charge is 0.416 e. The van der Waals surface area contributed by atoms with Gasteiger partial charge < -0.3 is 0 Å². The van der Waals surface area contributed by atoms with Gasteiger partial charge in [-0.15, -0.1) is 0 Å². The molecule has 4 rings (SSSR count). The molecule has 4 aromatic carbocycles. The van der Waals surface area contributed by atoms with E-state index in [9.17, 15) is 43.2 Å². The molecule has 4 aromatic rings. The third kappa shape index (κ3) is 7.00. The summed E-state index contributed by atoms with van der Waals surface area (Å²) in [6.07, 6.45) is -9.66. The minimum atomic E-state index is -4.83. The molecular formula is C27H20F6N2O4S2. The Balaban J connectivity index is 1.80. The van der Waals surface area contributed by atoms with Gasteiger partial charge in [0, 0.05) is 0 Å². The summed E-state index contributed by atoms with van der Waals surface area (Å²) in [5, 5.41) is 0. The van der Waals surface area contributed by atoms with Crippen molar-refractivity contribution in [3.05, 3.63) is 108 Å². The van der Waals surface area contributed by atoms with Gasteiger partial charge >= 0.3 is 12.4 Å². The Kier molecular flexibility index (Phi) is 7.84. The summed E-state index contributed by atoms with van der Waals surface area (Å²) in [5.41, 5.74) is -1.33. The highest BCUT2D eigenvalue weighted by molar-refractivity contribution is 7.93. The molecule has 0 fully saturated rings. The monoisotopic (exact) mass is 614 g/mol. The second-order valence-electron chi connectivity index (χ2n) is 8.89. The molecule has 6 nitrogen and oxygen atoms in total. The van der Waals surface area contributed by atoms with Crippen molar-refractivity contribution in [2.45, 2.75) is 29.1 Å². The summed E-state index contributed by atoms with van der Waals surface area (Å²) in [5.74, 6) is 0. The number of sulfonamides is 2. The SMILES string of the molecule is Cc1cccc(-c2ccc(NS(=O)(=O)c3cccc(C(F)(F)F)c3)c(NS(=O)(=O)c3cccc(C(F)(F)F)c3)c2)c1. The molecule has 0 bridgehead atoms. The van der Waals surface area contributed by atoms with E-state index in [1.165, 1.54) is 18.2 Å². The zero-order valence-electron chi connectivity index (χ0n) is 20.9. The fourth-order valence-corrected chi connectivity index (χ4v) is 6.05. The molecule has 0 aliphatic rings. The van der Waals surface area contributed by atoms with Crippen molar-refractivity contribution in [1.29, 1.82) is 0 Å². The average Bonchev–Trinajstić information content (AvgIpc) is 2.88. The molecule has 14 heteroatoms. The van der Waals surface area contributed by atoms with Crippen LogP contribution in [0.25, 0.3) is 11.1 Å². The number of hydrogen-bond donors (Lipinski definition) is 2. The number of benzene rings is 4. The van der Waals surface area contributed by atoms with E-state index in [4.69, 9.17) is 0 Å². The van der Waals surface area contributed by atoms with Crippen LogP contribution in [0.3, 0.4) is 0 Å². The molecule has 2 N–H and O–H groups in total. The molecule has 0 heterocycles. The summed E-state index contributed by atoms with van der Waals surface area (Å²) in [7, 11) is -9.39. The Labute approximate surface area is 231 Å². The zero-order chi connectivity index (χ0) is 30.2. The van der Waals surface area contributed by atoms with Crippen molar-refractivity contribution in [3.8, 4) is 11.1 Å². The Morgan fingerprint density at radius 1 is 0.537 bits per heavy atom. The van der Waals surface area contributed by atoms with Crippen molar-refractivity contribution < 1.29 is 43.2 Å². The molecule has 0 radical (unpaired) electrons. The Morgan fingerprint density at radius 3 is 1.49 bits per heavy atom. The van der Waals surface area contributed by atoms with Gasteiger partial charge in [0.05, 0.1) is 32.3 Å². The summed E-state index contributed by atoms with van der Waals surface area (Å²) in [6.45, 7) is 1.80. The van der Waals surface area contributed by atoms with Crippen LogP contribution in [0.4, 0.5) is 37.7 Å². The minimum Gasteiger partial charge on any atom is -0.277 e. The molecule has 0 spiro atoms. The van der Waals surface area contributed by atoms with E-state index in [1.807, 2.05) is 0 Å². The molecule has 0 unspecified atom stereocenters. The lowest BCUT2D eigenvalue weighted by Gasteiger charge is -2.17. The number of anilines is 2. The summed E-state index contributed by atoms with van der Waals surface area (Å²) in [6, 6.07) is 16.7. The summed E-state index contributed by atoms with van der Waals surface area (Å²) in [4.78, 5) is -1.50. The first kappa shape index (κ1) is 29.9. The van der Waals surface area contributed by atoms with Gasteiger partial charge in [0.2, 0.25) is 0 Å². The van der Waals surface area contributed by atoms with E-state index in [2.05, 4.69) is 9.44 Å².